The fraction of sp³-hybridized carbons (Fsp3) is 0.714. The number of rotatable bonds is 9. The summed E-state index contributed by atoms with van der Waals surface area (Å²) in [7, 11) is 1.08. The molecule has 0 aromatic heterocycles. The van der Waals surface area contributed by atoms with E-state index in [0.717, 1.165) is 24.8 Å². The molecule has 8 heteroatoms. The topological polar surface area (TPSA) is 63.2 Å². The molecule has 0 aliphatic carbocycles. The molecule has 1 aliphatic heterocycles. The van der Waals surface area contributed by atoms with Gasteiger partial charge in [-0.25, -0.2) is 4.21 Å². The maximum Gasteiger partial charge on any atom is 0.195 e. The Kier molecular flexibility index (Phi) is 8.32. The number of benzene rings is 1. The Bertz CT molecular complexity index is 716. The van der Waals surface area contributed by atoms with Crippen LogP contribution in [0.2, 0.25) is 18.1 Å². The molecule has 0 radical (unpaired) electrons. The number of ether oxygens (including phenoxy) is 3. The van der Waals surface area contributed by atoms with E-state index >= 15 is 0 Å². The number of hydrogen-bond donors (Lipinski definition) is 0. The fourth-order valence-electron chi connectivity index (χ4n) is 2.94. The third-order valence-corrected chi connectivity index (χ3v) is 11.1. The largest absolute Gasteiger partial charge is 0.493 e. The summed E-state index contributed by atoms with van der Waals surface area (Å²) in [6.07, 6.45) is 2.13. The normalized spacial score (nSPS) is 21.2. The molecule has 0 spiro atoms. The molecular formula is C21H36O6SSi. The minimum absolute atomic E-state index is 0.123. The van der Waals surface area contributed by atoms with Crippen LogP contribution in [0.3, 0.4) is 0 Å². The van der Waals surface area contributed by atoms with Crippen LogP contribution in [-0.2, 0) is 24.4 Å². The quantitative estimate of drug-likeness (QED) is 0.478. The van der Waals surface area contributed by atoms with Gasteiger partial charge >= 0.3 is 0 Å². The monoisotopic (exact) mass is 444 g/mol. The van der Waals surface area contributed by atoms with Gasteiger partial charge in [-0.15, -0.1) is 0 Å². The molecule has 1 fully saturated rings. The third-order valence-electron chi connectivity index (χ3n) is 5.63. The summed E-state index contributed by atoms with van der Waals surface area (Å²) in [5.41, 5.74) is 0.896. The molecule has 1 heterocycles. The molecule has 1 aromatic carbocycles. The van der Waals surface area contributed by atoms with Crippen LogP contribution >= 0.6 is 0 Å². The van der Waals surface area contributed by atoms with Crippen molar-refractivity contribution in [2.45, 2.75) is 82.4 Å². The first-order valence-corrected chi connectivity index (χ1v) is 14.2. The van der Waals surface area contributed by atoms with Gasteiger partial charge in [0.05, 0.1) is 26.9 Å². The highest BCUT2D eigenvalue weighted by Gasteiger charge is 2.41. The first kappa shape index (κ1) is 24.3. The molecule has 0 amide bonds. The van der Waals surface area contributed by atoms with E-state index in [2.05, 4.69) is 33.9 Å². The van der Waals surface area contributed by atoms with Crippen molar-refractivity contribution in [3.8, 4) is 11.5 Å². The minimum atomic E-state index is -1.92. The van der Waals surface area contributed by atoms with Gasteiger partial charge in [0.25, 0.3) is 0 Å². The lowest BCUT2D eigenvalue weighted by Gasteiger charge is -2.38. The standard InChI is InChI=1S/C21H36O6SSi/c1-9-12-25-20-17(23-5)13-15(14-18(20)28(22)24-6)16-10-11-19(26-16)27-29(7,8)21(2,3)4/h13-14,16,19H,9-12H2,1-8H3. The van der Waals surface area contributed by atoms with Gasteiger partial charge in [-0.1, -0.05) is 27.7 Å². The van der Waals surface area contributed by atoms with Crippen LogP contribution in [0, 0.1) is 0 Å². The Morgan fingerprint density at radius 1 is 1.21 bits per heavy atom. The molecule has 0 bridgehead atoms. The second kappa shape index (κ2) is 9.92. The highest BCUT2D eigenvalue weighted by molar-refractivity contribution is 7.80. The van der Waals surface area contributed by atoms with Crippen LogP contribution < -0.4 is 9.47 Å². The van der Waals surface area contributed by atoms with E-state index in [0.29, 0.717) is 23.0 Å². The van der Waals surface area contributed by atoms with Gasteiger partial charge in [0.2, 0.25) is 0 Å². The van der Waals surface area contributed by atoms with E-state index in [4.69, 9.17) is 22.8 Å². The van der Waals surface area contributed by atoms with Crippen LogP contribution in [0.25, 0.3) is 0 Å². The molecule has 6 nitrogen and oxygen atoms in total. The Morgan fingerprint density at radius 3 is 2.45 bits per heavy atom. The molecule has 3 unspecified atom stereocenters. The molecule has 29 heavy (non-hydrogen) atoms. The van der Waals surface area contributed by atoms with Crippen LogP contribution in [0.15, 0.2) is 17.0 Å². The van der Waals surface area contributed by atoms with E-state index in [1.807, 2.05) is 19.1 Å². The molecule has 166 valence electrons. The van der Waals surface area contributed by atoms with E-state index in [1.54, 1.807) is 7.11 Å². The highest BCUT2D eigenvalue weighted by Crippen LogP contribution is 2.44. The predicted octanol–water partition coefficient (Wildman–Crippen LogP) is 5.35. The first-order valence-electron chi connectivity index (χ1n) is 10.2. The smallest absolute Gasteiger partial charge is 0.195 e. The van der Waals surface area contributed by atoms with E-state index < -0.39 is 19.4 Å². The average Bonchev–Trinajstić information content (AvgIpc) is 3.11. The molecule has 1 saturated heterocycles. The van der Waals surface area contributed by atoms with Gasteiger partial charge in [0, 0.05) is 6.42 Å². The fourth-order valence-corrected chi connectivity index (χ4v) is 4.85. The van der Waals surface area contributed by atoms with Crippen molar-refractivity contribution in [1.82, 2.24) is 0 Å². The molecule has 1 aromatic rings. The SMILES string of the molecule is CCCOc1c(OC)cc(C2CCC(O[Si](C)(C)C(C)(C)C)O2)cc1S(=O)OC. The summed E-state index contributed by atoms with van der Waals surface area (Å²) in [5.74, 6) is 0.999. The lowest BCUT2D eigenvalue weighted by Crippen LogP contribution is -2.43. The van der Waals surface area contributed by atoms with Gasteiger partial charge in [0.1, 0.15) is 11.2 Å². The first-order chi connectivity index (χ1) is 13.5. The van der Waals surface area contributed by atoms with Crippen molar-refractivity contribution >= 4 is 19.4 Å². The molecule has 1 aliphatic rings. The molecular weight excluding hydrogens is 408 g/mol. The lowest BCUT2D eigenvalue weighted by atomic mass is 10.1. The van der Waals surface area contributed by atoms with Gasteiger partial charge < -0.3 is 18.6 Å². The third kappa shape index (κ3) is 5.82. The summed E-state index contributed by atoms with van der Waals surface area (Å²) in [6.45, 7) is 13.6. The number of hydrogen-bond acceptors (Lipinski definition) is 6. The van der Waals surface area contributed by atoms with Crippen molar-refractivity contribution in [3.63, 3.8) is 0 Å². The van der Waals surface area contributed by atoms with Gasteiger partial charge in [-0.2, -0.15) is 0 Å². The van der Waals surface area contributed by atoms with Crippen LogP contribution in [0.4, 0.5) is 0 Å². The number of methoxy groups -OCH3 is 1. The Balaban J connectivity index is 2.27. The zero-order valence-corrected chi connectivity index (χ0v) is 20.8. The van der Waals surface area contributed by atoms with Crippen molar-refractivity contribution in [2.24, 2.45) is 0 Å². The molecule has 3 atom stereocenters. The average molecular weight is 445 g/mol. The van der Waals surface area contributed by atoms with E-state index in [-0.39, 0.29) is 17.4 Å². The summed E-state index contributed by atoms with van der Waals surface area (Å²) in [5, 5.41) is 0.123. The van der Waals surface area contributed by atoms with E-state index in [9.17, 15) is 4.21 Å². The van der Waals surface area contributed by atoms with Gasteiger partial charge in [-0.05, 0) is 48.7 Å². The minimum Gasteiger partial charge on any atom is -0.493 e. The van der Waals surface area contributed by atoms with Gasteiger partial charge in [-0.3, -0.25) is 4.18 Å². The maximum absolute atomic E-state index is 12.5. The zero-order valence-electron chi connectivity index (χ0n) is 19.0. The van der Waals surface area contributed by atoms with Crippen LogP contribution in [-0.4, -0.2) is 39.6 Å². The molecule has 0 N–H and O–H groups in total. The Labute approximate surface area is 179 Å². The predicted molar refractivity (Wildman–Crippen MR) is 117 cm³/mol. The van der Waals surface area contributed by atoms with E-state index in [1.165, 1.54) is 7.11 Å². The van der Waals surface area contributed by atoms with Gasteiger partial charge in [0.15, 0.2) is 30.9 Å². The molecule has 2 rings (SSSR count). The lowest BCUT2D eigenvalue weighted by molar-refractivity contribution is -0.0819. The summed E-state index contributed by atoms with van der Waals surface area (Å²) in [4.78, 5) is 0.465. The van der Waals surface area contributed by atoms with Crippen molar-refractivity contribution < 1.29 is 27.0 Å². The summed E-state index contributed by atoms with van der Waals surface area (Å²) >= 11 is -1.65. The van der Waals surface area contributed by atoms with Crippen LogP contribution in [0.1, 0.15) is 58.6 Å². The van der Waals surface area contributed by atoms with Crippen molar-refractivity contribution in [2.75, 3.05) is 20.8 Å². The second-order valence-corrected chi connectivity index (χ2v) is 14.8. The van der Waals surface area contributed by atoms with Crippen molar-refractivity contribution in [3.05, 3.63) is 17.7 Å². The summed E-state index contributed by atoms with van der Waals surface area (Å²) < 4.78 is 41.6. The van der Waals surface area contributed by atoms with Crippen LogP contribution in [0.5, 0.6) is 11.5 Å². The Morgan fingerprint density at radius 2 is 1.90 bits per heavy atom. The highest BCUT2D eigenvalue weighted by atomic mass is 32.2. The maximum atomic E-state index is 12.5. The molecule has 0 saturated carbocycles. The Hall–Kier alpha value is -0.933. The summed E-state index contributed by atoms with van der Waals surface area (Å²) in [6, 6.07) is 3.74. The zero-order chi connectivity index (χ0) is 21.8. The second-order valence-electron chi connectivity index (χ2n) is 8.81. The van der Waals surface area contributed by atoms with Crippen molar-refractivity contribution in [1.29, 1.82) is 0 Å².